The number of hydrogen-bond acceptors (Lipinski definition) is 4. The van der Waals surface area contributed by atoms with Crippen LogP contribution >= 0.6 is 0 Å². The van der Waals surface area contributed by atoms with Crippen LogP contribution in [0.15, 0.2) is 24.4 Å². The third kappa shape index (κ3) is 2.60. The average Bonchev–Trinajstić information content (AvgIpc) is 2.43. The second-order valence-electron chi connectivity index (χ2n) is 4.84. The Kier molecular flexibility index (Phi) is 3.56. The number of rotatable bonds is 3. The standard InChI is InChI=1S/C14H16N2O4/c17-14(18)16-8-11(9-16)20-13-12(2-1-5-15-13)10-3-6-19-7-4-10/h1-3,5,11H,4,6-9H2,(H,17,18). The molecule has 0 atom stereocenters. The zero-order chi connectivity index (χ0) is 13.9. The first-order valence-electron chi connectivity index (χ1n) is 6.61. The number of amides is 1. The predicted octanol–water partition coefficient (Wildman–Crippen LogP) is 1.63. The third-order valence-corrected chi connectivity index (χ3v) is 3.48. The van der Waals surface area contributed by atoms with Gasteiger partial charge in [0.25, 0.3) is 0 Å². The zero-order valence-electron chi connectivity index (χ0n) is 11.0. The third-order valence-electron chi connectivity index (χ3n) is 3.48. The number of nitrogens with zero attached hydrogens (tertiary/aromatic N) is 2. The van der Waals surface area contributed by atoms with E-state index in [2.05, 4.69) is 4.98 Å². The molecule has 3 heterocycles. The van der Waals surface area contributed by atoms with Crippen molar-refractivity contribution in [2.45, 2.75) is 12.5 Å². The summed E-state index contributed by atoms with van der Waals surface area (Å²) >= 11 is 0. The van der Waals surface area contributed by atoms with E-state index in [1.165, 1.54) is 10.5 Å². The minimum atomic E-state index is -0.904. The van der Waals surface area contributed by atoms with E-state index in [-0.39, 0.29) is 6.10 Å². The molecule has 0 aliphatic carbocycles. The van der Waals surface area contributed by atoms with Crippen LogP contribution in [0.3, 0.4) is 0 Å². The molecule has 0 spiro atoms. The largest absolute Gasteiger partial charge is 0.470 e. The van der Waals surface area contributed by atoms with Crippen LogP contribution in [0.2, 0.25) is 0 Å². The molecule has 3 rings (SSSR count). The highest BCUT2D eigenvalue weighted by atomic mass is 16.5. The highest BCUT2D eigenvalue weighted by molar-refractivity contribution is 5.70. The summed E-state index contributed by atoms with van der Waals surface area (Å²) in [5, 5.41) is 8.81. The van der Waals surface area contributed by atoms with E-state index in [0.29, 0.717) is 32.2 Å². The fourth-order valence-electron chi connectivity index (χ4n) is 2.33. The smallest absolute Gasteiger partial charge is 0.407 e. The van der Waals surface area contributed by atoms with Gasteiger partial charge < -0.3 is 19.5 Å². The molecule has 0 radical (unpaired) electrons. The molecule has 20 heavy (non-hydrogen) atoms. The second-order valence-corrected chi connectivity index (χ2v) is 4.84. The van der Waals surface area contributed by atoms with Crippen LogP contribution in [0.4, 0.5) is 4.79 Å². The van der Waals surface area contributed by atoms with Crippen LogP contribution in [-0.2, 0) is 4.74 Å². The lowest BCUT2D eigenvalue weighted by atomic mass is 10.0. The summed E-state index contributed by atoms with van der Waals surface area (Å²) < 4.78 is 11.1. The van der Waals surface area contributed by atoms with E-state index in [1.54, 1.807) is 6.20 Å². The summed E-state index contributed by atoms with van der Waals surface area (Å²) in [6.07, 6.45) is 3.55. The number of pyridine rings is 1. The number of ether oxygens (including phenoxy) is 2. The predicted molar refractivity (Wildman–Crippen MR) is 71.7 cm³/mol. The monoisotopic (exact) mass is 276 g/mol. The lowest BCUT2D eigenvalue weighted by molar-refractivity contribution is 0.0226. The maximum absolute atomic E-state index is 10.7. The van der Waals surface area contributed by atoms with Crippen LogP contribution < -0.4 is 4.74 Å². The molecule has 2 aliphatic rings. The van der Waals surface area contributed by atoms with Crippen molar-refractivity contribution < 1.29 is 19.4 Å². The van der Waals surface area contributed by atoms with Crippen molar-refractivity contribution in [2.24, 2.45) is 0 Å². The molecule has 2 aliphatic heterocycles. The van der Waals surface area contributed by atoms with E-state index in [9.17, 15) is 4.79 Å². The van der Waals surface area contributed by atoms with E-state index in [1.807, 2.05) is 18.2 Å². The quantitative estimate of drug-likeness (QED) is 0.908. The maximum Gasteiger partial charge on any atom is 0.407 e. The Hall–Kier alpha value is -2.08. The Morgan fingerprint density at radius 1 is 1.50 bits per heavy atom. The van der Waals surface area contributed by atoms with Gasteiger partial charge in [0.2, 0.25) is 5.88 Å². The fraction of sp³-hybridized carbons (Fsp3) is 0.429. The van der Waals surface area contributed by atoms with E-state index in [0.717, 1.165) is 12.0 Å². The van der Waals surface area contributed by atoms with Crippen molar-refractivity contribution >= 4 is 11.7 Å². The average molecular weight is 276 g/mol. The van der Waals surface area contributed by atoms with Gasteiger partial charge in [0.15, 0.2) is 0 Å². The van der Waals surface area contributed by atoms with Gasteiger partial charge in [-0.15, -0.1) is 0 Å². The van der Waals surface area contributed by atoms with Crippen molar-refractivity contribution in [1.29, 1.82) is 0 Å². The Bertz CT molecular complexity index is 538. The van der Waals surface area contributed by atoms with E-state index >= 15 is 0 Å². The molecule has 1 fully saturated rings. The number of aromatic nitrogens is 1. The molecule has 1 saturated heterocycles. The minimum absolute atomic E-state index is 0.111. The number of likely N-dealkylation sites (tertiary alicyclic amines) is 1. The molecule has 0 bridgehead atoms. The van der Waals surface area contributed by atoms with Crippen LogP contribution in [0.25, 0.3) is 5.57 Å². The Morgan fingerprint density at radius 3 is 3.05 bits per heavy atom. The van der Waals surface area contributed by atoms with E-state index in [4.69, 9.17) is 14.6 Å². The van der Waals surface area contributed by atoms with Gasteiger partial charge in [0, 0.05) is 11.8 Å². The molecule has 1 amide bonds. The van der Waals surface area contributed by atoms with Crippen molar-refractivity contribution in [3.8, 4) is 5.88 Å². The zero-order valence-corrected chi connectivity index (χ0v) is 11.0. The maximum atomic E-state index is 10.7. The van der Waals surface area contributed by atoms with E-state index < -0.39 is 6.09 Å². The van der Waals surface area contributed by atoms with Crippen molar-refractivity contribution in [3.05, 3.63) is 30.0 Å². The molecule has 1 aromatic heterocycles. The molecule has 6 nitrogen and oxygen atoms in total. The Labute approximate surface area is 116 Å². The summed E-state index contributed by atoms with van der Waals surface area (Å²) in [5.74, 6) is 0.579. The topological polar surface area (TPSA) is 71.9 Å². The lowest BCUT2D eigenvalue weighted by Crippen LogP contribution is -2.55. The molecule has 1 N–H and O–H groups in total. The summed E-state index contributed by atoms with van der Waals surface area (Å²) in [6, 6.07) is 3.86. The van der Waals surface area contributed by atoms with Crippen molar-refractivity contribution in [1.82, 2.24) is 9.88 Å². The van der Waals surface area contributed by atoms with Crippen LogP contribution in [0, 0.1) is 0 Å². The first kappa shape index (κ1) is 12.9. The summed E-state index contributed by atoms with van der Waals surface area (Å²) in [6.45, 7) is 2.11. The molecule has 1 aromatic rings. The SMILES string of the molecule is O=C(O)N1CC(Oc2ncccc2C2=CCOCC2)C1. The van der Waals surface area contributed by atoms with Crippen LogP contribution in [0.5, 0.6) is 5.88 Å². The molecular weight excluding hydrogens is 260 g/mol. The van der Waals surface area contributed by atoms with Gasteiger partial charge in [-0.25, -0.2) is 9.78 Å². The van der Waals surface area contributed by atoms with Crippen LogP contribution in [-0.4, -0.2) is 53.5 Å². The fourth-order valence-corrected chi connectivity index (χ4v) is 2.33. The first-order chi connectivity index (χ1) is 9.74. The Morgan fingerprint density at radius 2 is 2.35 bits per heavy atom. The summed E-state index contributed by atoms with van der Waals surface area (Å²) in [5.41, 5.74) is 2.15. The molecule has 0 aromatic carbocycles. The second kappa shape index (κ2) is 5.50. The van der Waals surface area contributed by atoms with Gasteiger partial charge in [0.05, 0.1) is 26.3 Å². The molecular formula is C14H16N2O4. The number of hydrogen-bond donors (Lipinski definition) is 1. The van der Waals surface area contributed by atoms with Gasteiger partial charge in [-0.1, -0.05) is 6.08 Å². The normalized spacial score (nSPS) is 19.2. The number of carboxylic acid groups (broad SMARTS) is 1. The summed E-state index contributed by atoms with van der Waals surface area (Å²) in [4.78, 5) is 16.3. The van der Waals surface area contributed by atoms with Gasteiger partial charge >= 0.3 is 6.09 Å². The first-order valence-corrected chi connectivity index (χ1v) is 6.61. The van der Waals surface area contributed by atoms with Gasteiger partial charge in [-0.05, 0) is 24.1 Å². The molecule has 0 unspecified atom stereocenters. The molecule has 106 valence electrons. The molecule has 0 saturated carbocycles. The highest BCUT2D eigenvalue weighted by Gasteiger charge is 2.33. The minimum Gasteiger partial charge on any atom is -0.470 e. The molecule has 6 heteroatoms. The van der Waals surface area contributed by atoms with Crippen molar-refractivity contribution in [2.75, 3.05) is 26.3 Å². The summed E-state index contributed by atoms with van der Waals surface area (Å²) in [7, 11) is 0. The highest BCUT2D eigenvalue weighted by Crippen LogP contribution is 2.29. The van der Waals surface area contributed by atoms with Crippen LogP contribution in [0.1, 0.15) is 12.0 Å². The van der Waals surface area contributed by atoms with Crippen molar-refractivity contribution in [3.63, 3.8) is 0 Å². The van der Waals surface area contributed by atoms with Gasteiger partial charge in [-0.3, -0.25) is 0 Å². The Balaban J connectivity index is 1.71. The number of carbonyl (C=O) groups is 1. The van der Waals surface area contributed by atoms with Gasteiger partial charge in [-0.2, -0.15) is 0 Å². The lowest BCUT2D eigenvalue weighted by Gasteiger charge is -2.36. The van der Waals surface area contributed by atoms with Gasteiger partial charge in [0.1, 0.15) is 6.10 Å².